The second-order valence-electron chi connectivity index (χ2n) is 7.49. The van der Waals surface area contributed by atoms with Gasteiger partial charge in [0.1, 0.15) is 5.25 Å². The lowest BCUT2D eigenvalue weighted by molar-refractivity contribution is -0.116. The molecule has 3 aromatic carbocycles. The highest BCUT2D eigenvalue weighted by Gasteiger charge is 2.23. The summed E-state index contributed by atoms with van der Waals surface area (Å²) < 4.78 is 0. The Labute approximate surface area is 198 Å². The number of unbranched alkanes of at least 4 members (excludes halogenated alkanes) is 1. The van der Waals surface area contributed by atoms with Crippen LogP contribution >= 0.6 is 23.4 Å². The molecule has 0 aliphatic rings. The Balaban J connectivity index is 1.76. The fourth-order valence-corrected chi connectivity index (χ4v) is 4.35. The Morgan fingerprint density at radius 1 is 0.938 bits per heavy atom. The molecule has 32 heavy (non-hydrogen) atoms. The molecule has 6 heteroatoms. The summed E-state index contributed by atoms with van der Waals surface area (Å²) in [4.78, 5) is 26.2. The smallest absolute Gasteiger partial charge is 0.242 e. The number of amides is 2. The minimum absolute atomic E-state index is 0.0192. The van der Waals surface area contributed by atoms with Crippen LogP contribution in [0.4, 0.5) is 11.4 Å². The van der Waals surface area contributed by atoms with Crippen LogP contribution in [0, 0.1) is 6.92 Å². The molecule has 0 saturated heterocycles. The zero-order valence-corrected chi connectivity index (χ0v) is 19.8. The predicted molar refractivity (Wildman–Crippen MR) is 134 cm³/mol. The average Bonchev–Trinajstić information content (AvgIpc) is 2.80. The molecule has 4 nitrogen and oxygen atoms in total. The van der Waals surface area contributed by atoms with E-state index >= 15 is 0 Å². The normalized spacial score (nSPS) is 11.6. The summed E-state index contributed by atoms with van der Waals surface area (Å²) in [6.45, 7) is 3.95. The monoisotopic (exact) mass is 466 g/mol. The topological polar surface area (TPSA) is 58.2 Å². The maximum absolute atomic E-state index is 13.3. The van der Waals surface area contributed by atoms with Gasteiger partial charge in [-0.3, -0.25) is 9.59 Å². The van der Waals surface area contributed by atoms with Crippen LogP contribution in [0.15, 0.2) is 77.7 Å². The number of hydrogen-bond acceptors (Lipinski definition) is 3. The minimum Gasteiger partial charge on any atom is -0.326 e. The van der Waals surface area contributed by atoms with Crippen molar-refractivity contribution in [2.45, 2.75) is 43.3 Å². The largest absolute Gasteiger partial charge is 0.326 e. The first-order chi connectivity index (χ1) is 15.5. The summed E-state index contributed by atoms with van der Waals surface area (Å²) in [6.07, 6.45) is 2.38. The van der Waals surface area contributed by atoms with Crippen molar-refractivity contribution >= 4 is 46.6 Å². The zero-order valence-electron chi connectivity index (χ0n) is 18.2. The number of carbonyl (C=O) groups is 2. The SMILES string of the molecule is CCCCC(=O)Nc1ccc(SC(C(=O)Nc2cccc(Cl)c2C)c2ccccc2)cc1. The van der Waals surface area contributed by atoms with E-state index in [-0.39, 0.29) is 11.8 Å². The van der Waals surface area contributed by atoms with Crippen molar-refractivity contribution in [2.75, 3.05) is 10.6 Å². The molecule has 3 rings (SSSR count). The van der Waals surface area contributed by atoms with Gasteiger partial charge in [0, 0.05) is 27.7 Å². The molecule has 2 N–H and O–H groups in total. The number of nitrogens with one attached hydrogen (secondary N) is 2. The lowest BCUT2D eigenvalue weighted by Gasteiger charge is -2.18. The fraction of sp³-hybridized carbons (Fsp3) is 0.231. The Kier molecular flexibility index (Phi) is 8.77. The van der Waals surface area contributed by atoms with Crippen LogP contribution in [-0.4, -0.2) is 11.8 Å². The molecule has 0 bridgehead atoms. The Bertz CT molecular complexity index is 1060. The Hall–Kier alpha value is -2.76. The maximum Gasteiger partial charge on any atom is 0.242 e. The highest BCUT2D eigenvalue weighted by molar-refractivity contribution is 8.00. The van der Waals surface area contributed by atoms with Crippen LogP contribution in [0.25, 0.3) is 0 Å². The van der Waals surface area contributed by atoms with Crippen molar-refractivity contribution in [2.24, 2.45) is 0 Å². The van der Waals surface area contributed by atoms with Gasteiger partial charge >= 0.3 is 0 Å². The Morgan fingerprint density at radius 2 is 1.66 bits per heavy atom. The van der Waals surface area contributed by atoms with Gasteiger partial charge in [-0.15, -0.1) is 11.8 Å². The molecule has 1 atom stereocenters. The van der Waals surface area contributed by atoms with E-state index < -0.39 is 5.25 Å². The number of rotatable bonds is 9. The van der Waals surface area contributed by atoms with Gasteiger partial charge in [-0.05, 0) is 60.9 Å². The van der Waals surface area contributed by atoms with E-state index in [1.54, 1.807) is 6.07 Å². The van der Waals surface area contributed by atoms with E-state index in [9.17, 15) is 9.59 Å². The van der Waals surface area contributed by atoms with Gasteiger partial charge in [0.05, 0.1) is 0 Å². The maximum atomic E-state index is 13.3. The molecule has 2 amide bonds. The summed E-state index contributed by atoms with van der Waals surface area (Å²) in [6, 6.07) is 22.7. The molecule has 0 spiro atoms. The quantitative estimate of drug-likeness (QED) is 0.326. The van der Waals surface area contributed by atoms with Gasteiger partial charge in [-0.2, -0.15) is 0 Å². The van der Waals surface area contributed by atoms with E-state index in [1.807, 2.05) is 73.7 Å². The van der Waals surface area contributed by atoms with Crippen LogP contribution in [-0.2, 0) is 9.59 Å². The molecule has 0 radical (unpaired) electrons. The highest BCUT2D eigenvalue weighted by Crippen LogP contribution is 2.37. The molecule has 3 aromatic rings. The first-order valence-corrected chi connectivity index (χ1v) is 11.9. The Morgan fingerprint density at radius 3 is 2.34 bits per heavy atom. The zero-order chi connectivity index (χ0) is 22.9. The van der Waals surface area contributed by atoms with E-state index in [4.69, 9.17) is 11.6 Å². The molecule has 0 saturated carbocycles. The molecule has 0 aliphatic carbocycles. The number of carbonyl (C=O) groups excluding carboxylic acids is 2. The highest BCUT2D eigenvalue weighted by atomic mass is 35.5. The van der Waals surface area contributed by atoms with E-state index in [0.29, 0.717) is 17.1 Å². The molecular weight excluding hydrogens is 440 g/mol. The van der Waals surface area contributed by atoms with Gasteiger partial charge in [0.25, 0.3) is 0 Å². The molecule has 0 heterocycles. The van der Waals surface area contributed by atoms with Crippen LogP contribution in [0.2, 0.25) is 5.02 Å². The first kappa shape index (κ1) is 23.9. The van der Waals surface area contributed by atoms with Crippen LogP contribution in [0.3, 0.4) is 0 Å². The van der Waals surface area contributed by atoms with Gasteiger partial charge in [-0.1, -0.05) is 61.3 Å². The summed E-state index contributed by atoms with van der Waals surface area (Å²) in [5.41, 5.74) is 3.20. The number of halogens is 1. The summed E-state index contributed by atoms with van der Waals surface area (Å²) in [7, 11) is 0. The van der Waals surface area contributed by atoms with Crippen molar-refractivity contribution < 1.29 is 9.59 Å². The van der Waals surface area contributed by atoms with Crippen molar-refractivity contribution in [3.8, 4) is 0 Å². The number of thioether (sulfide) groups is 1. The van der Waals surface area contributed by atoms with E-state index in [2.05, 4.69) is 17.6 Å². The van der Waals surface area contributed by atoms with Gasteiger partial charge in [-0.25, -0.2) is 0 Å². The van der Waals surface area contributed by atoms with Crippen molar-refractivity contribution in [3.63, 3.8) is 0 Å². The van der Waals surface area contributed by atoms with Gasteiger partial charge < -0.3 is 10.6 Å². The number of benzene rings is 3. The lowest BCUT2D eigenvalue weighted by atomic mass is 10.1. The third-order valence-electron chi connectivity index (χ3n) is 5.02. The van der Waals surface area contributed by atoms with Gasteiger partial charge in [0.2, 0.25) is 11.8 Å². The molecular formula is C26H27ClN2O2S. The summed E-state index contributed by atoms with van der Waals surface area (Å²) >= 11 is 7.68. The lowest BCUT2D eigenvalue weighted by Crippen LogP contribution is -2.19. The average molecular weight is 467 g/mol. The third kappa shape index (κ3) is 6.62. The van der Waals surface area contributed by atoms with Crippen molar-refractivity contribution in [1.82, 2.24) is 0 Å². The van der Waals surface area contributed by atoms with E-state index in [1.165, 1.54) is 11.8 Å². The molecule has 0 aliphatic heterocycles. The minimum atomic E-state index is -0.445. The number of anilines is 2. The fourth-order valence-electron chi connectivity index (χ4n) is 3.16. The first-order valence-electron chi connectivity index (χ1n) is 10.7. The summed E-state index contributed by atoms with van der Waals surface area (Å²) in [5.74, 6) is -0.103. The van der Waals surface area contributed by atoms with Crippen LogP contribution < -0.4 is 10.6 Å². The molecule has 1 unspecified atom stereocenters. The van der Waals surface area contributed by atoms with Crippen LogP contribution in [0.1, 0.15) is 42.6 Å². The second kappa shape index (κ2) is 11.7. The van der Waals surface area contributed by atoms with E-state index in [0.717, 1.165) is 34.6 Å². The van der Waals surface area contributed by atoms with Crippen LogP contribution in [0.5, 0.6) is 0 Å². The summed E-state index contributed by atoms with van der Waals surface area (Å²) in [5, 5.41) is 6.11. The number of hydrogen-bond donors (Lipinski definition) is 2. The molecule has 166 valence electrons. The van der Waals surface area contributed by atoms with Gasteiger partial charge in [0.15, 0.2) is 0 Å². The van der Waals surface area contributed by atoms with Crippen molar-refractivity contribution in [3.05, 3.63) is 88.9 Å². The second-order valence-corrected chi connectivity index (χ2v) is 9.07. The third-order valence-corrected chi connectivity index (χ3v) is 6.69. The van der Waals surface area contributed by atoms with Crippen molar-refractivity contribution in [1.29, 1.82) is 0 Å². The molecule has 0 fully saturated rings. The predicted octanol–water partition coefficient (Wildman–Crippen LogP) is 7.25. The molecule has 0 aromatic heterocycles. The standard InChI is InChI=1S/C26H27ClN2O2S/c1-3-4-13-24(30)28-20-14-16-21(17-15-20)32-25(19-9-6-5-7-10-19)26(31)29-23-12-8-11-22(27)18(23)2/h5-12,14-17,25H,3-4,13H2,1-2H3,(H,28,30)(H,29,31).